The predicted molar refractivity (Wildman–Crippen MR) is 106 cm³/mol. The molecule has 142 valence electrons. The molecule has 1 amide bonds. The average Bonchev–Trinajstić information content (AvgIpc) is 3.23. The van der Waals surface area contributed by atoms with Crippen LogP contribution in [-0.4, -0.2) is 42.4 Å². The Bertz CT molecular complexity index is 1160. The topological polar surface area (TPSA) is 87.2 Å². The molecule has 0 saturated heterocycles. The molecule has 0 radical (unpaired) electrons. The normalized spacial score (nSPS) is 14.6. The lowest BCUT2D eigenvalue weighted by molar-refractivity contribution is 0.0725. The first-order valence-corrected chi connectivity index (χ1v) is 10.8. The Morgan fingerprint density at radius 1 is 1.33 bits per heavy atom. The summed E-state index contributed by atoms with van der Waals surface area (Å²) >= 11 is 3.56. The smallest absolute Gasteiger partial charge is 0.270 e. The minimum atomic E-state index is -3.59. The lowest BCUT2D eigenvalue weighted by Crippen LogP contribution is -2.36. The molecule has 1 aliphatic rings. The molecule has 0 spiro atoms. The number of aromatic amines is 1. The van der Waals surface area contributed by atoms with Crippen molar-refractivity contribution in [1.29, 1.82) is 0 Å². The van der Waals surface area contributed by atoms with Gasteiger partial charge in [-0.3, -0.25) is 4.79 Å². The van der Waals surface area contributed by atoms with Gasteiger partial charge in [-0.15, -0.1) is 0 Å². The molecular formula is C18H19BrN4O3S. The average molecular weight is 451 g/mol. The second-order valence-electron chi connectivity index (χ2n) is 6.60. The fourth-order valence-corrected chi connectivity index (χ4v) is 4.81. The van der Waals surface area contributed by atoms with Gasteiger partial charge in [0, 0.05) is 53.9 Å². The number of nitrogens with one attached hydrogen (secondary N) is 2. The van der Waals surface area contributed by atoms with Gasteiger partial charge < -0.3 is 14.5 Å². The first-order valence-electron chi connectivity index (χ1n) is 8.49. The third kappa shape index (κ3) is 2.99. The Morgan fingerprint density at radius 2 is 2.11 bits per heavy atom. The zero-order valence-corrected chi connectivity index (χ0v) is 17.3. The second-order valence-corrected chi connectivity index (χ2v) is 9.34. The molecule has 3 heterocycles. The van der Waals surface area contributed by atoms with Crippen LogP contribution < -0.4 is 4.72 Å². The van der Waals surface area contributed by atoms with Crippen LogP contribution in [0.25, 0.3) is 10.9 Å². The Labute approximate surface area is 165 Å². The molecule has 9 heteroatoms. The number of benzene rings is 1. The van der Waals surface area contributed by atoms with Gasteiger partial charge in [0.2, 0.25) is 10.0 Å². The molecule has 1 aliphatic heterocycles. The Hall–Kier alpha value is -2.10. The number of para-hydroxylation sites is 1. The van der Waals surface area contributed by atoms with E-state index < -0.39 is 10.0 Å². The van der Waals surface area contributed by atoms with E-state index in [2.05, 4.69) is 25.6 Å². The highest BCUT2D eigenvalue weighted by Gasteiger charge is 2.28. The van der Waals surface area contributed by atoms with Crippen molar-refractivity contribution in [3.8, 4) is 0 Å². The van der Waals surface area contributed by atoms with Crippen LogP contribution in [0.1, 0.15) is 21.7 Å². The van der Waals surface area contributed by atoms with Crippen LogP contribution in [0.2, 0.25) is 0 Å². The summed E-state index contributed by atoms with van der Waals surface area (Å²) < 4.78 is 28.9. The summed E-state index contributed by atoms with van der Waals surface area (Å²) in [5.41, 5.74) is 3.65. The van der Waals surface area contributed by atoms with Crippen molar-refractivity contribution in [1.82, 2.24) is 19.2 Å². The van der Waals surface area contributed by atoms with E-state index in [0.717, 1.165) is 33.1 Å². The second kappa shape index (κ2) is 6.50. The van der Waals surface area contributed by atoms with Crippen molar-refractivity contribution in [3.63, 3.8) is 0 Å². The molecule has 2 N–H and O–H groups in total. The van der Waals surface area contributed by atoms with Crippen molar-refractivity contribution in [3.05, 3.63) is 51.9 Å². The van der Waals surface area contributed by atoms with Crippen LogP contribution in [0.15, 0.2) is 39.8 Å². The molecule has 0 unspecified atom stereocenters. The monoisotopic (exact) mass is 450 g/mol. The summed E-state index contributed by atoms with van der Waals surface area (Å²) in [7, 11) is -0.556. The van der Waals surface area contributed by atoms with E-state index in [-0.39, 0.29) is 10.8 Å². The summed E-state index contributed by atoms with van der Waals surface area (Å²) in [6, 6.07) is 7.44. The van der Waals surface area contributed by atoms with E-state index in [1.54, 1.807) is 16.5 Å². The van der Waals surface area contributed by atoms with Gasteiger partial charge in [0.25, 0.3) is 5.91 Å². The van der Waals surface area contributed by atoms with Crippen molar-refractivity contribution in [2.24, 2.45) is 7.05 Å². The molecule has 4 rings (SSSR count). The first-order chi connectivity index (χ1) is 12.8. The number of amides is 1. The van der Waals surface area contributed by atoms with Crippen molar-refractivity contribution >= 4 is 42.8 Å². The largest absolute Gasteiger partial charge is 0.357 e. The van der Waals surface area contributed by atoms with Gasteiger partial charge in [0.05, 0.1) is 5.52 Å². The summed E-state index contributed by atoms with van der Waals surface area (Å²) in [4.78, 5) is 18.4. The third-order valence-electron chi connectivity index (χ3n) is 5.02. The summed E-state index contributed by atoms with van der Waals surface area (Å²) in [6.07, 6.45) is 2.19. The molecule has 0 saturated carbocycles. The highest BCUT2D eigenvalue weighted by Crippen LogP contribution is 2.32. The number of sulfonamides is 1. The number of halogens is 1. The standard InChI is InChI=1S/C18H19BrN4O3S/c1-20-27(25,26)11-8-16(22(2)9-11)18(24)23-7-6-15-13(10-23)12-4-3-5-14(19)17(12)21-15/h3-5,8-9,20-21H,6-7,10H2,1-2H3. The predicted octanol–water partition coefficient (Wildman–Crippen LogP) is 2.38. The lowest BCUT2D eigenvalue weighted by Gasteiger charge is -2.27. The quantitative estimate of drug-likeness (QED) is 0.641. The summed E-state index contributed by atoms with van der Waals surface area (Å²) in [6.45, 7) is 1.07. The van der Waals surface area contributed by atoms with E-state index in [4.69, 9.17) is 0 Å². The van der Waals surface area contributed by atoms with Gasteiger partial charge in [-0.25, -0.2) is 13.1 Å². The van der Waals surface area contributed by atoms with E-state index in [0.29, 0.717) is 18.8 Å². The maximum absolute atomic E-state index is 13.1. The third-order valence-corrected chi connectivity index (χ3v) is 7.07. The van der Waals surface area contributed by atoms with Gasteiger partial charge in [-0.05, 0) is 35.1 Å². The Balaban J connectivity index is 1.68. The van der Waals surface area contributed by atoms with Gasteiger partial charge in [-0.1, -0.05) is 12.1 Å². The molecule has 3 aromatic rings. The van der Waals surface area contributed by atoms with Crippen molar-refractivity contribution in [2.45, 2.75) is 17.9 Å². The van der Waals surface area contributed by atoms with Gasteiger partial charge >= 0.3 is 0 Å². The SMILES string of the molecule is CNS(=O)(=O)c1cc(C(=O)N2CCc3[nH]c4c(Br)cccc4c3C2)n(C)c1. The van der Waals surface area contributed by atoms with Gasteiger partial charge in [0.1, 0.15) is 10.6 Å². The minimum absolute atomic E-state index is 0.0876. The van der Waals surface area contributed by atoms with E-state index >= 15 is 0 Å². The molecule has 27 heavy (non-hydrogen) atoms. The molecular weight excluding hydrogens is 432 g/mol. The molecule has 0 aliphatic carbocycles. The highest BCUT2D eigenvalue weighted by molar-refractivity contribution is 9.10. The highest BCUT2D eigenvalue weighted by atomic mass is 79.9. The number of nitrogens with zero attached hydrogens (tertiary/aromatic N) is 2. The number of aromatic nitrogens is 2. The zero-order chi connectivity index (χ0) is 19.3. The van der Waals surface area contributed by atoms with E-state index in [9.17, 15) is 13.2 Å². The van der Waals surface area contributed by atoms with Crippen LogP contribution in [0, 0.1) is 0 Å². The van der Waals surface area contributed by atoms with Gasteiger partial charge in [-0.2, -0.15) is 0 Å². The Morgan fingerprint density at radius 3 is 2.85 bits per heavy atom. The summed E-state index contributed by atoms with van der Waals surface area (Å²) in [5.74, 6) is -0.176. The van der Waals surface area contributed by atoms with Crippen LogP contribution in [-0.2, 0) is 30.0 Å². The molecule has 0 atom stereocenters. The molecule has 7 nitrogen and oxygen atoms in total. The fraction of sp³-hybridized carbons (Fsp3) is 0.278. The number of hydrogen-bond donors (Lipinski definition) is 2. The number of H-pyrrole nitrogens is 1. The number of carbonyl (C=O) groups excluding carboxylic acids is 1. The maximum Gasteiger partial charge on any atom is 0.270 e. The molecule has 2 aromatic heterocycles. The van der Waals surface area contributed by atoms with Crippen LogP contribution in [0.4, 0.5) is 0 Å². The lowest BCUT2D eigenvalue weighted by atomic mass is 10.0. The maximum atomic E-state index is 13.1. The molecule has 0 bridgehead atoms. The van der Waals surface area contributed by atoms with Crippen LogP contribution in [0.5, 0.6) is 0 Å². The fourth-order valence-electron chi connectivity index (χ4n) is 3.55. The van der Waals surface area contributed by atoms with Crippen molar-refractivity contribution in [2.75, 3.05) is 13.6 Å². The number of carbonyl (C=O) groups is 1. The summed E-state index contributed by atoms with van der Waals surface area (Å²) in [5, 5.41) is 1.10. The van der Waals surface area contributed by atoms with Gasteiger partial charge in [0.15, 0.2) is 0 Å². The number of hydrogen-bond acceptors (Lipinski definition) is 3. The molecule has 0 fully saturated rings. The van der Waals surface area contributed by atoms with Crippen LogP contribution >= 0.6 is 15.9 Å². The number of fused-ring (bicyclic) bond motifs is 3. The Kier molecular flexibility index (Phi) is 4.40. The number of rotatable bonds is 3. The van der Waals surface area contributed by atoms with E-state index in [1.165, 1.54) is 19.3 Å². The first kappa shape index (κ1) is 18.3. The minimum Gasteiger partial charge on any atom is -0.357 e. The van der Waals surface area contributed by atoms with Crippen molar-refractivity contribution < 1.29 is 13.2 Å². The van der Waals surface area contributed by atoms with E-state index in [1.807, 2.05) is 18.2 Å². The number of aryl methyl sites for hydroxylation is 1. The molecule has 1 aromatic carbocycles. The van der Waals surface area contributed by atoms with Crippen LogP contribution in [0.3, 0.4) is 0 Å². The zero-order valence-electron chi connectivity index (χ0n) is 14.9.